The molecule has 0 bridgehead atoms. The van der Waals surface area contributed by atoms with Gasteiger partial charge in [0.1, 0.15) is 17.4 Å². The summed E-state index contributed by atoms with van der Waals surface area (Å²) in [6.45, 7) is 0. The third kappa shape index (κ3) is 3.18. The summed E-state index contributed by atoms with van der Waals surface area (Å²) in [7, 11) is 3.70. The van der Waals surface area contributed by atoms with E-state index < -0.39 is 5.56 Å². The Hall–Kier alpha value is -2.87. The average Bonchev–Trinajstić information content (AvgIpc) is 2.46. The minimum absolute atomic E-state index is 0.0555. The lowest BCUT2D eigenvalue weighted by Crippen LogP contribution is -2.21. The molecule has 1 heterocycles. The van der Waals surface area contributed by atoms with Gasteiger partial charge in [-0.2, -0.15) is 5.26 Å². The molecule has 0 saturated heterocycles. The maximum absolute atomic E-state index is 12.9. The second kappa shape index (κ2) is 6.06. The molecule has 0 aliphatic heterocycles. The molecule has 0 spiro atoms. The number of hydrogen-bond acceptors (Lipinski definition) is 3. The Morgan fingerprint density at radius 2 is 1.90 bits per heavy atom. The topological polar surface area (TPSA) is 49.0 Å². The number of nitrogens with zero attached hydrogens (tertiary/aromatic N) is 3. The molecule has 21 heavy (non-hydrogen) atoms. The zero-order valence-electron chi connectivity index (χ0n) is 11.7. The van der Waals surface area contributed by atoms with Gasteiger partial charge in [0.2, 0.25) is 0 Å². The summed E-state index contributed by atoms with van der Waals surface area (Å²) in [5.74, 6) is -0.377. The summed E-state index contributed by atoms with van der Waals surface area (Å²) in [4.78, 5) is 14.2. The predicted molar refractivity (Wildman–Crippen MR) is 79.4 cm³/mol. The molecule has 0 fully saturated rings. The molecule has 5 heteroatoms. The van der Waals surface area contributed by atoms with Crippen LogP contribution in [0.15, 0.2) is 47.5 Å². The summed E-state index contributed by atoms with van der Waals surface area (Å²) < 4.78 is 14.3. The van der Waals surface area contributed by atoms with Crippen LogP contribution in [0.25, 0.3) is 11.8 Å². The van der Waals surface area contributed by atoms with Crippen LogP contribution in [0.1, 0.15) is 11.1 Å². The minimum atomic E-state index is -0.426. The van der Waals surface area contributed by atoms with Crippen LogP contribution in [0, 0.1) is 17.1 Å². The Morgan fingerprint density at radius 1 is 1.24 bits per heavy atom. The summed E-state index contributed by atoms with van der Waals surface area (Å²) in [6, 6.07) is 9.15. The Kier molecular flexibility index (Phi) is 4.19. The van der Waals surface area contributed by atoms with Gasteiger partial charge < -0.3 is 4.90 Å². The average molecular weight is 283 g/mol. The third-order valence-corrected chi connectivity index (χ3v) is 2.89. The standard InChI is InChI=1S/C16H14FN3O/c1-19(2)9-7-12-8-10-20(16(21)15(12)11-18)14-5-3-13(17)4-6-14/h3-10H,1-2H3. The number of rotatable bonds is 3. The lowest BCUT2D eigenvalue weighted by molar-refractivity contribution is 0.567. The Morgan fingerprint density at radius 3 is 2.48 bits per heavy atom. The highest BCUT2D eigenvalue weighted by molar-refractivity contribution is 5.57. The van der Waals surface area contributed by atoms with Crippen LogP contribution >= 0.6 is 0 Å². The van der Waals surface area contributed by atoms with Gasteiger partial charge in [-0.25, -0.2) is 4.39 Å². The number of aromatic nitrogens is 1. The van der Waals surface area contributed by atoms with Crippen molar-refractivity contribution >= 4 is 6.08 Å². The first-order valence-electron chi connectivity index (χ1n) is 6.29. The Labute approximate surface area is 122 Å². The highest BCUT2D eigenvalue weighted by Crippen LogP contribution is 2.11. The molecular formula is C16H14FN3O. The fraction of sp³-hybridized carbons (Fsp3) is 0.125. The highest BCUT2D eigenvalue weighted by Gasteiger charge is 2.09. The maximum atomic E-state index is 12.9. The van der Waals surface area contributed by atoms with Crippen LogP contribution in [0.3, 0.4) is 0 Å². The van der Waals surface area contributed by atoms with E-state index >= 15 is 0 Å². The molecule has 0 N–H and O–H groups in total. The monoisotopic (exact) mass is 283 g/mol. The fourth-order valence-corrected chi connectivity index (χ4v) is 1.84. The van der Waals surface area contributed by atoms with Crippen molar-refractivity contribution in [3.63, 3.8) is 0 Å². The first-order chi connectivity index (χ1) is 10.0. The van der Waals surface area contributed by atoms with Crippen molar-refractivity contribution in [3.8, 4) is 11.8 Å². The largest absolute Gasteiger partial charge is 0.383 e. The van der Waals surface area contributed by atoms with E-state index in [0.717, 1.165) is 0 Å². The number of benzene rings is 1. The van der Waals surface area contributed by atoms with Crippen molar-refractivity contribution in [2.75, 3.05) is 14.1 Å². The third-order valence-electron chi connectivity index (χ3n) is 2.89. The number of halogens is 1. The van der Waals surface area contributed by atoms with Gasteiger partial charge in [0.05, 0.1) is 0 Å². The number of hydrogen-bond donors (Lipinski definition) is 0. The van der Waals surface area contributed by atoms with Gasteiger partial charge in [-0.3, -0.25) is 9.36 Å². The fourth-order valence-electron chi connectivity index (χ4n) is 1.84. The lowest BCUT2D eigenvalue weighted by Gasteiger charge is -2.08. The van der Waals surface area contributed by atoms with E-state index in [-0.39, 0.29) is 11.4 Å². The van der Waals surface area contributed by atoms with Crippen molar-refractivity contribution in [2.45, 2.75) is 0 Å². The van der Waals surface area contributed by atoms with Crippen molar-refractivity contribution in [1.82, 2.24) is 9.47 Å². The van der Waals surface area contributed by atoms with Gasteiger partial charge >= 0.3 is 0 Å². The number of nitriles is 1. The number of pyridine rings is 1. The second-order valence-corrected chi connectivity index (χ2v) is 4.69. The zero-order chi connectivity index (χ0) is 15.4. The molecule has 0 radical (unpaired) electrons. The molecule has 0 aliphatic rings. The molecule has 0 atom stereocenters. The maximum Gasteiger partial charge on any atom is 0.273 e. The van der Waals surface area contributed by atoms with Crippen LogP contribution < -0.4 is 5.56 Å². The van der Waals surface area contributed by atoms with Crippen LogP contribution in [0.2, 0.25) is 0 Å². The second-order valence-electron chi connectivity index (χ2n) is 4.69. The minimum Gasteiger partial charge on any atom is -0.383 e. The van der Waals surface area contributed by atoms with E-state index in [1.54, 1.807) is 24.5 Å². The first kappa shape index (κ1) is 14.5. The van der Waals surface area contributed by atoms with Crippen LogP contribution in [-0.4, -0.2) is 23.6 Å². The van der Waals surface area contributed by atoms with E-state index in [0.29, 0.717) is 11.3 Å². The van der Waals surface area contributed by atoms with Gasteiger partial charge in [0, 0.05) is 31.5 Å². The van der Waals surface area contributed by atoms with Gasteiger partial charge in [-0.1, -0.05) is 0 Å². The molecule has 1 aromatic carbocycles. The van der Waals surface area contributed by atoms with E-state index in [2.05, 4.69) is 0 Å². The zero-order valence-corrected chi connectivity index (χ0v) is 11.7. The molecular weight excluding hydrogens is 269 g/mol. The van der Waals surface area contributed by atoms with Gasteiger partial charge in [-0.05, 0) is 42.6 Å². The molecule has 0 saturated carbocycles. The van der Waals surface area contributed by atoms with Crippen molar-refractivity contribution in [3.05, 3.63) is 70.0 Å². The van der Waals surface area contributed by atoms with Crippen LogP contribution in [0.4, 0.5) is 4.39 Å². The summed E-state index contributed by atoms with van der Waals surface area (Å²) in [5, 5.41) is 9.21. The van der Waals surface area contributed by atoms with Gasteiger partial charge in [-0.15, -0.1) is 0 Å². The van der Waals surface area contributed by atoms with Gasteiger partial charge in [0.15, 0.2) is 0 Å². The van der Waals surface area contributed by atoms with E-state index in [9.17, 15) is 14.4 Å². The smallest absolute Gasteiger partial charge is 0.273 e. The summed E-state index contributed by atoms with van der Waals surface area (Å²) >= 11 is 0. The van der Waals surface area contributed by atoms with E-state index in [1.807, 2.05) is 25.1 Å². The summed E-state index contributed by atoms with van der Waals surface area (Å²) in [5.41, 5.74) is 0.695. The molecule has 0 amide bonds. The van der Waals surface area contributed by atoms with Crippen molar-refractivity contribution in [1.29, 1.82) is 5.26 Å². The normalized spacial score (nSPS) is 10.6. The van der Waals surface area contributed by atoms with Crippen LogP contribution in [-0.2, 0) is 0 Å². The highest BCUT2D eigenvalue weighted by atomic mass is 19.1. The summed E-state index contributed by atoms with van der Waals surface area (Å²) in [6.07, 6.45) is 5.04. The molecule has 2 aromatic rings. The first-order valence-corrected chi connectivity index (χ1v) is 6.29. The van der Waals surface area contributed by atoms with Crippen LogP contribution in [0.5, 0.6) is 0 Å². The molecule has 106 valence electrons. The molecule has 0 aliphatic carbocycles. The predicted octanol–water partition coefficient (Wildman–Crippen LogP) is 2.38. The molecule has 0 unspecified atom stereocenters. The quantitative estimate of drug-likeness (QED) is 0.869. The molecule has 1 aromatic heterocycles. The van der Waals surface area contributed by atoms with E-state index in [1.165, 1.54) is 28.8 Å². The molecule has 4 nitrogen and oxygen atoms in total. The van der Waals surface area contributed by atoms with Crippen molar-refractivity contribution in [2.24, 2.45) is 0 Å². The van der Waals surface area contributed by atoms with Gasteiger partial charge in [0.25, 0.3) is 5.56 Å². The van der Waals surface area contributed by atoms with E-state index in [4.69, 9.17) is 0 Å². The SMILES string of the molecule is CN(C)C=Cc1ccn(-c2ccc(F)cc2)c(=O)c1C#N. The lowest BCUT2D eigenvalue weighted by atomic mass is 10.1. The Bertz CT molecular complexity index is 768. The van der Waals surface area contributed by atoms with Crippen molar-refractivity contribution < 1.29 is 4.39 Å². The Balaban J connectivity index is 2.55. The molecule has 2 rings (SSSR count).